The monoisotopic (exact) mass is 181 g/mol. The van der Waals surface area contributed by atoms with Gasteiger partial charge in [-0.3, -0.25) is 0 Å². The van der Waals surface area contributed by atoms with Gasteiger partial charge in [-0.15, -0.1) is 0 Å². The first-order valence-corrected chi connectivity index (χ1v) is 4.03. The summed E-state index contributed by atoms with van der Waals surface area (Å²) in [7, 11) is 2.10. The van der Waals surface area contributed by atoms with Crippen LogP contribution >= 0.6 is 11.8 Å². The van der Waals surface area contributed by atoms with Crippen LogP contribution in [0.1, 0.15) is 0 Å². The zero-order valence-corrected chi connectivity index (χ0v) is 6.71. The first kappa shape index (κ1) is 5.67. The second-order valence-electron chi connectivity index (χ2n) is 1.54. The van der Waals surface area contributed by atoms with E-state index >= 15 is 0 Å². The molecule has 0 saturated carbocycles. The van der Waals surface area contributed by atoms with Gasteiger partial charge in [-0.05, 0) is 0 Å². The Kier molecular flexibility index (Phi) is 1.79. The molecule has 0 N–H and O–H groups in total. The van der Waals surface area contributed by atoms with Gasteiger partial charge in [0.2, 0.25) is 0 Å². The molecule has 0 aromatic heterocycles. The van der Waals surface area contributed by atoms with Gasteiger partial charge in [0, 0.05) is 0 Å². The molecule has 1 aliphatic heterocycles. The van der Waals surface area contributed by atoms with Gasteiger partial charge in [0.25, 0.3) is 0 Å². The first-order valence-electron chi connectivity index (χ1n) is 2.18. The van der Waals surface area contributed by atoms with Crippen molar-refractivity contribution in [1.29, 1.82) is 0 Å². The molecular formula is C4H7NSSe. The normalized spacial score (nSPS) is 21.3. The molecule has 1 nitrogen and oxygen atoms in total. The van der Waals surface area contributed by atoms with Gasteiger partial charge in [0.05, 0.1) is 0 Å². The average molecular weight is 180 g/mol. The van der Waals surface area contributed by atoms with E-state index in [-0.39, 0.29) is 0 Å². The summed E-state index contributed by atoms with van der Waals surface area (Å²) in [5, 5.41) is 0. The summed E-state index contributed by atoms with van der Waals surface area (Å²) in [6.45, 7) is 1.20. The van der Waals surface area contributed by atoms with Crippen molar-refractivity contribution in [3.05, 3.63) is 0 Å². The topological polar surface area (TPSA) is 3.24 Å². The van der Waals surface area contributed by atoms with Gasteiger partial charge >= 0.3 is 55.5 Å². The van der Waals surface area contributed by atoms with E-state index in [1.165, 1.54) is 16.2 Å². The molecule has 1 rings (SSSR count). The average Bonchev–Trinajstić information content (AvgIpc) is 1.91. The van der Waals surface area contributed by atoms with Crippen LogP contribution in [0.15, 0.2) is 0 Å². The van der Waals surface area contributed by atoms with Crippen molar-refractivity contribution in [2.75, 3.05) is 19.3 Å². The molecule has 1 fully saturated rings. The summed E-state index contributed by atoms with van der Waals surface area (Å²) >= 11 is 4.89. The van der Waals surface area contributed by atoms with Gasteiger partial charge in [-0.1, -0.05) is 0 Å². The molecule has 1 aliphatic rings. The zero-order chi connectivity index (χ0) is 5.28. The SMILES string of the molecule is CN1CCSC1=[Se]. The summed E-state index contributed by atoms with van der Waals surface area (Å²) < 4.78 is 1.33. The molecule has 1 saturated heterocycles. The van der Waals surface area contributed by atoms with Crippen LogP contribution in [0.5, 0.6) is 0 Å². The van der Waals surface area contributed by atoms with E-state index in [2.05, 4.69) is 27.5 Å². The predicted octanol–water partition coefficient (Wildman–Crippen LogP) is -0.0791. The van der Waals surface area contributed by atoms with Crippen molar-refractivity contribution in [3.63, 3.8) is 0 Å². The second-order valence-corrected chi connectivity index (χ2v) is 4.01. The van der Waals surface area contributed by atoms with Crippen LogP contribution in [0.2, 0.25) is 0 Å². The Morgan fingerprint density at radius 1 is 1.86 bits per heavy atom. The molecular weight excluding hydrogens is 173 g/mol. The third kappa shape index (κ3) is 1.21. The minimum absolute atomic E-state index is 1.20. The van der Waals surface area contributed by atoms with E-state index in [0.717, 1.165) is 0 Å². The Labute approximate surface area is 55.8 Å². The molecule has 0 aromatic rings. The van der Waals surface area contributed by atoms with Crippen LogP contribution < -0.4 is 0 Å². The molecule has 40 valence electrons. The number of nitrogens with zero attached hydrogens (tertiary/aromatic N) is 1. The molecule has 7 heavy (non-hydrogen) atoms. The Balaban J connectivity index is 2.48. The van der Waals surface area contributed by atoms with Crippen molar-refractivity contribution in [3.8, 4) is 0 Å². The Morgan fingerprint density at radius 3 is 2.71 bits per heavy atom. The second kappa shape index (κ2) is 2.21. The molecule has 1 heterocycles. The van der Waals surface area contributed by atoms with E-state index in [4.69, 9.17) is 0 Å². The summed E-state index contributed by atoms with van der Waals surface area (Å²) in [5.41, 5.74) is 0. The third-order valence-corrected chi connectivity index (χ3v) is 3.30. The fourth-order valence-electron chi connectivity index (χ4n) is 0.471. The van der Waals surface area contributed by atoms with Crippen molar-refractivity contribution in [2.24, 2.45) is 0 Å². The summed E-state index contributed by atoms with van der Waals surface area (Å²) in [6, 6.07) is 0. The van der Waals surface area contributed by atoms with Crippen molar-refractivity contribution < 1.29 is 0 Å². The molecule has 0 bridgehead atoms. The third-order valence-electron chi connectivity index (χ3n) is 0.964. The predicted molar refractivity (Wildman–Crippen MR) is 35.8 cm³/mol. The molecule has 0 atom stereocenters. The van der Waals surface area contributed by atoms with Gasteiger partial charge in [-0.2, -0.15) is 0 Å². The van der Waals surface area contributed by atoms with Crippen LogP contribution in [0.3, 0.4) is 0 Å². The standard InChI is InChI=1S/C4H7NSSe/c1-5-2-3-6-4(5)7/h2-3H2,1H3. The molecule has 0 radical (unpaired) electrons. The van der Waals surface area contributed by atoms with E-state index in [1.54, 1.807) is 0 Å². The quantitative estimate of drug-likeness (QED) is 0.480. The van der Waals surface area contributed by atoms with E-state index in [1.807, 2.05) is 11.8 Å². The fraction of sp³-hybridized carbons (Fsp3) is 0.750. The molecule has 0 aromatic carbocycles. The maximum absolute atomic E-state index is 2.99. The number of hydrogen-bond donors (Lipinski definition) is 0. The first-order chi connectivity index (χ1) is 3.30. The molecule has 3 heteroatoms. The zero-order valence-electron chi connectivity index (χ0n) is 4.18. The van der Waals surface area contributed by atoms with E-state index < -0.39 is 0 Å². The van der Waals surface area contributed by atoms with Gasteiger partial charge in [-0.25, -0.2) is 0 Å². The Hall–Kier alpha value is 0.539. The molecule has 0 aliphatic carbocycles. The molecule has 0 unspecified atom stereocenters. The van der Waals surface area contributed by atoms with E-state index in [0.29, 0.717) is 0 Å². The number of thioether (sulfide) groups is 1. The maximum atomic E-state index is 2.99. The summed E-state index contributed by atoms with van der Waals surface area (Å²) in [4.78, 5) is 2.23. The Bertz CT molecular complexity index is 93.7. The van der Waals surface area contributed by atoms with Crippen LogP contribution in [0.25, 0.3) is 0 Å². The van der Waals surface area contributed by atoms with Crippen molar-refractivity contribution in [1.82, 2.24) is 4.90 Å². The molecule has 0 spiro atoms. The summed E-state index contributed by atoms with van der Waals surface area (Å²) in [5.74, 6) is 1.25. The molecule has 0 amide bonds. The summed E-state index contributed by atoms with van der Waals surface area (Å²) in [6.07, 6.45) is 0. The van der Waals surface area contributed by atoms with Gasteiger partial charge in [0.1, 0.15) is 0 Å². The van der Waals surface area contributed by atoms with Crippen molar-refractivity contribution in [2.45, 2.75) is 0 Å². The van der Waals surface area contributed by atoms with Gasteiger partial charge in [0.15, 0.2) is 0 Å². The number of hydrogen-bond acceptors (Lipinski definition) is 2. The Morgan fingerprint density at radius 2 is 2.57 bits per heavy atom. The fourth-order valence-corrected chi connectivity index (χ4v) is 2.04. The number of rotatable bonds is 0. The van der Waals surface area contributed by atoms with Crippen LogP contribution in [-0.2, 0) is 0 Å². The van der Waals surface area contributed by atoms with E-state index in [9.17, 15) is 0 Å². The van der Waals surface area contributed by atoms with Crippen LogP contribution in [0, 0.1) is 0 Å². The van der Waals surface area contributed by atoms with Crippen LogP contribution in [0.4, 0.5) is 0 Å². The van der Waals surface area contributed by atoms with Gasteiger partial charge < -0.3 is 0 Å². The van der Waals surface area contributed by atoms with Crippen molar-refractivity contribution >= 4 is 31.2 Å². The van der Waals surface area contributed by atoms with Crippen LogP contribution in [-0.4, -0.2) is 43.7 Å². The minimum atomic E-state index is 1.20.